The molecule has 0 aliphatic heterocycles. The number of rotatable bonds is 5. The van der Waals surface area contributed by atoms with Gasteiger partial charge >= 0.3 is 0 Å². The van der Waals surface area contributed by atoms with Gasteiger partial charge in [-0.1, -0.05) is 43.1 Å². The first-order valence-electron chi connectivity index (χ1n) is 8.54. The molecule has 6 heteroatoms. The molecule has 27 heavy (non-hydrogen) atoms. The summed E-state index contributed by atoms with van der Waals surface area (Å²) in [6, 6.07) is 6.40. The molecule has 0 heterocycles. The Labute approximate surface area is 168 Å². The van der Waals surface area contributed by atoms with E-state index in [-0.39, 0.29) is 29.6 Å². The van der Waals surface area contributed by atoms with E-state index in [1.54, 1.807) is 32.2 Å². The summed E-state index contributed by atoms with van der Waals surface area (Å²) in [5.41, 5.74) is 2.48. The first-order valence-corrected chi connectivity index (χ1v) is 9.29. The largest absolute Gasteiger partial charge is 0.508 e. The van der Waals surface area contributed by atoms with Crippen LogP contribution >= 0.6 is 23.2 Å². The van der Waals surface area contributed by atoms with Crippen molar-refractivity contribution in [2.75, 3.05) is 7.05 Å². The summed E-state index contributed by atoms with van der Waals surface area (Å²) in [6.45, 7) is 5.32. The summed E-state index contributed by atoms with van der Waals surface area (Å²) >= 11 is 12.8. The van der Waals surface area contributed by atoms with Gasteiger partial charge in [-0.15, -0.1) is 0 Å². The smallest absolute Gasteiger partial charge is 0.246 e. The third-order valence-corrected chi connectivity index (χ3v) is 4.99. The molecule has 0 aliphatic carbocycles. The third kappa shape index (κ3) is 4.82. The zero-order valence-corrected chi connectivity index (χ0v) is 17.2. The normalized spacial score (nSPS) is 11.8. The van der Waals surface area contributed by atoms with Gasteiger partial charge in [0.25, 0.3) is 0 Å². The maximum absolute atomic E-state index is 14.8. The van der Waals surface area contributed by atoms with Crippen LogP contribution in [0.5, 0.6) is 5.75 Å². The van der Waals surface area contributed by atoms with Crippen molar-refractivity contribution >= 4 is 35.2 Å². The van der Waals surface area contributed by atoms with Crippen molar-refractivity contribution in [3.8, 4) is 5.75 Å². The predicted molar refractivity (Wildman–Crippen MR) is 109 cm³/mol. The molecule has 2 N–H and O–H groups in total. The molecule has 0 aromatic heterocycles. The Hall–Kier alpha value is -2.04. The molecule has 0 spiro atoms. The molecular formula is C21H22Cl2FNO2. The predicted octanol–water partition coefficient (Wildman–Crippen LogP) is 5.70. The first-order chi connectivity index (χ1) is 12.6. The van der Waals surface area contributed by atoms with Crippen LogP contribution in [0.15, 0.2) is 29.8 Å². The van der Waals surface area contributed by atoms with Crippen LogP contribution in [0.2, 0.25) is 10.0 Å². The molecule has 0 bridgehead atoms. The van der Waals surface area contributed by atoms with Crippen molar-refractivity contribution in [2.24, 2.45) is 0 Å². The molecule has 0 unspecified atom stereocenters. The van der Waals surface area contributed by atoms with Gasteiger partial charge in [0, 0.05) is 34.7 Å². The number of phenols is 1. The molecule has 3 nitrogen and oxygen atoms in total. The molecule has 144 valence electrons. The summed E-state index contributed by atoms with van der Waals surface area (Å²) in [7, 11) is 1.56. The van der Waals surface area contributed by atoms with Gasteiger partial charge in [-0.25, -0.2) is 4.39 Å². The molecule has 2 aromatic rings. The molecule has 2 rings (SSSR count). The van der Waals surface area contributed by atoms with Crippen molar-refractivity contribution in [3.63, 3.8) is 0 Å². The minimum absolute atomic E-state index is 0.0615. The second kappa shape index (κ2) is 8.77. The van der Waals surface area contributed by atoms with Gasteiger partial charge in [0.1, 0.15) is 11.6 Å². The second-order valence-electron chi connectivity index (χ2n) is 6.67. The highest BCUT2D eigenvalue weighted by atomic mass is 35.5. The van der Waals surface area contributed by atoms with E-state index in [1.165, 1.54) is 12.1 Å². The van der Waals surface area contributed by atoms with Crippen molar-refractivity contribution < 1.29 is 14.3 Å². The number of likely N-dealkylation sites (N-methyl/N-ethyl adjacent to an activating group) is 1. The minimum Gasteiger partial charge on any atom is -0.508 e. The Morgan fingerprint density at radius 3 is 2.37 bits per heavy atom. The highest BCUT2D eigenvalue weighted by Gasteiger charge is 2.18. The van der Waals surface area contributed by atoms with Crippen LogP contribution in [0.4, 0.5) is 4.39 Å². The zero-order valence-electron chi connectivity index (χ0n) is 15.7. The van der Waals surface area contributed by atoms with Crippen LogP contribution in [-0.4, -0.2) is 18.1 Å². The van der Waals surface area contributed by atoms with Gasteiger partial charge in [-0.3, -0.25) is 4.79 Å². The van der Waals surface area contributed by atoms with Gasteiger partial charge in [-0.2, -0.15) is 0 Å². The van der Waals surface area contributed by atoms with E-state index in [4.69, 9.17) is 23.2 Å². The Bertz CT molecular complexity index is 884. The molecule has 0 saturated heterocycles. The van der Waals surface area contributed by atoms with Crippen molar-refractivity contribution in [1.29, 1.82) is 0 Å². The van der Waals surface area contributed by atoms with Gasteiger partial charge in [-0.05, 0) is 53.8 Å². The average molecular weight is 410 g/mol. The maximum atomic E-state index is 14.8. The summed E-state index contributed by atoms with van der Waals surface area (Å²) in [6.07, 6.45) is 1.88. The fourth-order valence-electron chi connectivity index (χ4n) is 2.89. The molecule has 2 aromatic carbocycles. The monoisotopic (exact) mass is 409 g/mol. The first kappa shape index (κ1) is 21.3. The number of halogens is 3. The lowest BCUT2D eigenvalue weighted by Gasteiger charge is -2.15. The van der Waals surface area contributed by atoms with Gasteiger partial charge < -0.3 is 10.4 Å². The van der Waals surface area contributed by atoms with Crippen LogP contribution in [0.25, 0.3) is 6.08 Å². The van der Waals surface area contributed by atoms with Crippen molar-refractivity contribution in [3.05, 3.63) is 68.0 Å². The molecule has 0 aliphatic rings. The fourth-order valence-corrected chi connectivity index (χ4v) is 3.53. The standard InChI is InChI=1S/C21H22Cl2FNO2/c1-11(2)19-18(26)6-5-14(20(19)24)10-15-16(22)8-13(9-17(15)23)7-12(3)21(27)25-4/h5-9,11,26H,10H2,1-4H3,(H,25,27)/b12-7+. The Morgan fingerprint density at radius 2 is 1.85 bits per heavy atom. The number of nitrogens with one attached hydrogen (secondary N) is 1. The van der Waals surface area contributed by atoms with Crippen LogP contribution in [0, 0.1) is 5.82 Å². The molecule has 1 amide bonds. The van der Waals surface area contributed by atoms with Gasteiger partial charge in [0.05, 0.1) is 0 Å². The van der Waals surface area contributed by atoms with Crippen molar-refractivity contribution in [2.45, 2.75) is 33.1 Å². The molecule has 0 radical (unpaired) electrons. The Kier molecular flexibility index (Phi) is 6.90. The van der Waals surface area contributed by atoms with E-state index >= 15 is 0 Å². The van der Waals surface area contributed by atoms with Crippen LogP contribution < -0.4 is 5.32 Å². The Balaban J connectivity index is 2.42. The van der Waals surface area contributed by atoms with Crippen LogP contribution in [-0.2, 0) is 11.2 Å². The topological polar surface area (TPSA) is 49.3 Å². The van der Waals surface area contributed by atoms with E-state index in [0.29, 0.717) is 32.3 Å². The lowest BCUT2D eigenvalue weighted by molar-refractivity contribution is -0.116. The number of amides is 1. The number of hydrogen-bond donors (Lipinski definition) is 2. The van der Waals surface area contributed by atoms with E-state index in [1.807, 2.05) is 13.8 Å². The number of aromatic hydroxyl groups is 1. The second-order valence-corrected chi connectivity index (χ2v) is 7.49. The summed E-state index contributed by atoms with van der Waals surface area (Å²) in [4.78, 5) is 11.6. The quantitative estimate of drug-likeness (QED) is 0.621. The van der Waals surface area contributed by atoms with Crippen LogP contribution in [0.3, 0.4) is 0 Å². The summed E-state index contributed by atoms with van der Waals surface area (Å²) in [5, 5.41) is 13.2. The number of hydrogen-bond acceptors (Lipinski definition) is 2. The lowest BCUT2D eigenvalue weighted by Crippen LogP contribution is -2.18. The Morgan fingerprint density at radius 1 is 1.26 bits per heavy atom. The maximum Gasteiger partial charge on any atom is 0.246 e. The number of carbonyl (C=O) groups is 1. The average Bonchev–Trinajstić information content (AvgIpc) is 2.58. The van der Waals surface area contributed by atoms with E-state index in [9.17, 15) is 14.3 Å². The van der Waals surface area contributed by atoms with E-state index in [2.05, 4.69) is 5.32 Å². The fraction of sp³-hybridized carbons (Fsp3) is 0.286. The van der Waals surface area contributed by atoms with E-state index < -0.39 is 5.82 Å². The van der Waals surface area contributed by atoms with Crippen molar-refractivity contribution in [1.82, 2.24) is 5.32 Å². The van der Waals surface area contributed by atoms with Gasteiger partial charge in [0.15, 0.2) is 0 Å². The number of carbonyl (C=O) groups excluding carboxylic acids is 1. The summed E-state index contributed by atoms with van der Waals surface area (Å²) in [5.74, 6) is -0.861. The number of phenolic OH excluding ortho intramolecular Hbond substituents is 1. The molecule has 0 saturated carbocycles. The van der Waals surface area contributed by atoms with Gasteiger partial charge in [0.2, 0.25) is 5.91 Å². The summed E-state index contributed by atoms with van der Waals surface area (Å²) < 4.78 is 14.8. The molecule has 0 fully saturated rings. The van der Waals surface area contributed by atoms with Crippen LogP contribution in [0.1, 0.15) is 48.9 Å². The third-order valence-electron chi connectivity index (χ3n) is 4.31. The molecule has 0 atom stereocenters. The SMILES string of the molecule is CNC(=O)/C(C)=C/c1cc(Cl)c(Cc2ccc(O)c(C(C)C)c2F)c(Cl)c1. The lowest BCUT2D eigenvalue weighted by atomic mass is 9.95. The van der Waals surface area contributed by atoms with E-state index in [0.717, 1.165) is 0 Å². The minimum atomic E-state index is -0.448. The highest BCUT2D eigenvalue weighted by molar-refractivity contribution is 6.36. The number of benzene rings is 2. The zero-order chi connectivity index (χ0) is 20.3. The molecular weight excluding hydrogens is 388 g/mol. The highest BCUT2D eigenvalue weighted by Crippen LogP contribution is 2.34.